The molecule has 1 N–H and O–H groups in total. The van der Waals surface area contributed by atoms with E-state index in [-0.39, 0.29) is 17.7 Å². The van der Waals surface area contributed by atoms with Crippen molar-refractivity contribution in [2.75, 3.05) is 12.4 Å². The van der Waals surface area contributed by atoms with Gasteiger partial charge in [-0.1, -0.05) is 48.5 Å². The second-order valence-corrected chi connectivity index (χ2v) is 6.78. The molecule has 0 bridgehead atoms. The van der Waals surface area contributed by atoms with Crippen molar-refractivity contribution < 1.29 is 8.78 Å². The fourth-order valence-electron chi connectivity index (χ4n) is 2.98. The Balaban J connectivity index is 1.92. The van der Waals surface area contributed by atoms with Crippen LogP contribution >= 0.6 is 12.2 Å². The molecule has 3 aromatic rings. The SMILES string of the molecule is Cc1ccc(F)c(NC(=S)N(C)[C@H](c2ccccc2)c2ccc(F)cc2)c1. The first-order chi connectivity index (χ1) is 13.0. The standard InChI is InChI=1S/C22H20F2N2S/c1-15-8-13-19(24)20(14-15)25-22(27)26(2)21(16-6-4-3-5-7-16)17-9-11-18(23)12-10-17/h3-14,21H,1-2H3,(H,25,27)/t21-/m1/s1. The molecule has 0 aliphatic heterocycles. The highest BCUT2D eigenvalue weighted by Gasteiger charge is 2.22. The summed E-state index contributed by atoms with van der Waals surface area (Å²) in [7, 11) is 1.84. The zero-order valence-corrected chi connectivity index (χ0v) is 15.9. The smallest absolute Gasteiger partial charge is 0.174 e. The Labute approximate surface area is 163 Å². The second-order valence-electron chi connectivity index (χ2n) is 6.39. The molecule has 0 radical (unpaired) electrons. The molecule has 0 unspecified atom stereocenters. The second kappa shape index (κ2) is 8.27. The van der Waals surface area contributed by atoms with E-state index >= 15 is 0 Å². The molecule has 0 heterocycles. The lowest BCUT2D eigenvalue weighted by Crippen LogP contribution is -2.35. The van der Waals surface area contributed by atoms with Crippen LogP contribution in [0.4, 0.5) is 14.5 Å². The van der Waals surface area contributed by atoms with E-state index in [2.05, 4.69) is 5.32 Å². The van der Waals surface area contributed by atoms with Crippen LogP contribution in [-0.2, 0) is 0 Å². The fraction of sp³-hybridized carbons (Fsp3) is 0.136. The third-order valence-corrected chi connectivity index (χ3v) is 4.76. The van der Waals surface area contributed by atoms with Gasteiger partial charge in [0.1, 0.15) is 11.6 Å². The Morgan fingerprint density at radius 1 is 0.926 bits per heavy atom. The van der Waals surface area contributed by atoms with Crippen LogP contribution in [0, 0.1) is 18.6 Å². The molecule has 0 fully saturated rings. The van der Waals surface area contributed by atoms with Gasteiger partial charge >= 0.3 is 0 Å². The summed E-state index contributed by atoms with van der Waals surface area (Å²) in [5, 5.41) is 3.36. The quantitative estimate of drug-likeness (QED) is 0.584. The average Bonchev–Trinajstić information content (AvgIpc) is 2.67. The van der Waals surface area contributed by atoms with E-state index < -0.39 is 0 Å². The Morgan fingerprint density at radius 2 is 1.56 bits per heavy atom. The van der Waals surface area contributed by atoms with E-state index in [0.717, 1.165) is 16.7 Å². The van der Waals surface area contributed by atoms with Crippen LogP contribution in [0.2, 0.25) is 0 Å². The summed E-state index contributed by atoms with van der Waals surface area (Å²) < 4.78 is 27.5. The summed E-state index contributed by atoms with van der Waals surface area (Å²) >= 11 is 5.54. The van der Waals surface area contributed by atoms with Crippen LogP contribution < -0.4 is 5.32 Å². The molecular formula is C22H20F2N2S. The molecule has 27 heavy (non-hydrogen) atoms. The van der Waals surface area contributed by atoms with Gasteiger partial charge in [-0.15, -0.1) is 0 Å². The van der Waals surface area contributed by atoms with Gasteiger partial charge in [0.05, 0.1) is 11.7 Å². The summed E-state index contributed by atoms with van der Waals surface area (Å²) in [4.78, 5) is 1.85. The van der Waals surface area contributed by atoms with Gasteiger partial charge in [0.2, 0.25) is 0 Å². The number of anilines is 1. The molecule has 0 amide bonds. The number of thiocarbonyl (C=S) groups is 1. The van der Waals surface area contributed by atoms with Gasteiger partial charge in [-0.3, -0.25) is 0 Å². The van der Waals surface area contributed by atoms with Gasteiger partial charge < -0.3 is 10.2 Å². The maximum atomic E-state index is 14.1. The summed E-state index contributed by atoms with van der Waals surface area (Å²) in [6.45, 7) is 1.89. The fourth-order valence-corrected chi connectivity index (χ4v) is 3.19. The number of nitrogens with one attached hydrogen (secondary N) is 1. The van der Waals surface area contributed by atoms with Gasteiger partial charge in [-0.25, -0.2) is 8.78 Å². The maximum Gasteiger partial charge on any atom is 0.174 e. The first-order valence-corrected chi connectivity index (χ1v) is 8.97. The number of halogens is 2. The minimum Gasteiger partial charge on any atom is -0.341 e. The van der Waals surface area contributed by atoms with Gasteiger partial charge in [0, 0.05) is 7.05 Å². The molecule has 0 aliphatic carbocycles. The predicted molar refractivity (Wildman–Crippen MR) is 110 cm³/mol. The van der Waals surface area contributed by atoms with E-state index in [1.165, 1.54) is 18.2 Å². The van der Waals surface area contributed by atoms with Crippen LogP contribution in [0.3, 0.4) is 0 Å². The lowest BCUT2D eigenvalue weighted by Gasteiger charge is -2.31. The highest BCUT2D eigenvalue weighted by Crippen LogP contribution is 2.29. The number of benzene rings is 3. The lowest BCUT2D eigenvalue weighted by atomic mass is 9.97. The van der Waals surface area contributed by atoms with E-state index in [0.29, 0.717) is 10.8 Å². The monoisotopic (exact) mass is 382 g/mol. The van der Waals surface area contributed by atoms with Gasteiger partial charge in [0.25, 0.3) is 0 Å². The van der Waals surface area contributed by atoms with Crippen LogP contribution in [0.1, 0.15) is 22.7 Å². The van der Waals surface area contributed by atoms with Crippen molar-refractivity contribution in [3.05, 3.63) is 101 Å². The molecule has 0 spiro atoms. The van der Waals surface area contributed by atoms with Crippen molar-refractivity contribution in [1.82, 2.24) is 4.90 Å². The minimum absolute atomic E-state index is 0.236. The Kier molecular flexibility index (Phi) is 5.81. The molecule has 138 valence electrons. The number of hydrogen-bond donors (Lipinski definition) is 1. The zero-order valence-electron chi connectivity index (χ0n) is 15.1. The average molecular weight is 382 g/mol. The van der Waals surface area contributed by atoms with Crippen molar-refractivity contribution in [1.29, 1.82) is 0 Å². The Hall–Kier alpha value is -2.79. The molecule has 3 rings (SSSR count). The van der Waals surface area contributed by atoms with Crippen molar-refractivity contribution in [2.24, 2.45) is 0 Å². The molecule has 2 nitrogen and oxygen atoms in total. The number of nitrogens with zero attached hydrogens (tertiary/aromatic N) is 1. The maximum absolute atomic E-state index is 14.1. The van der Waals surface area contributed by atoms with Crippen LogP contribution in [0.25, 0.3) is 0 Å². The van der Waals surface area contributed by atoms with Gasteiger partial charge in [-0.2, -0.15) is 0 Å². The topological polar surface area (TPSA) is 15.3 Å². The summed E-state index contributed by atoms with van der Waals surface area (Å²) in [6.07, 6.45) is 0. The molecule has 0 saturated carbocycles. The van der Waals surface area contributed by atoms with E-state index in [9.17, 15) is 8.78 Å². The van der Waals surface area contributed by atoms with Crippen molar-refractivity contribution in [3.63, 3.8) is 0 Å². The van der Waals surface area contributed by atoms with Crippen LogP contribution in [0.5, 0.6) is 0 Å². The van der Waals surface area contributed by atoms with Crippen molar-refractivity contribution >= 4 is 23.0 Å². The molecule has 0 aromatic heterocycles. The lowest BCUT2D eigenvalue weighted by molar-refractivity contribution is 0.433. The van der Waals surface area contributed by atoms with E-state index in [4.69, 9.17) is 12.2 Å². The zero-order chi connectivity index (χ0) is 19.4. The van der Waals surface area contributed by atoms with Crippen molar-refractivity contribution in [3.8, 4) is 0 Å². The van der Waals surface area contributed by atoms with E-state index in [1.54, 1.807) is 24.3 Å². The first-order valence-electron chi connectivity index (χ1n) is 8.56. The molecule has 0 aliphatic rings. The Bertz CT molecular complexity index is 927. The molecular weight excluding hydrogens is 362 g/mol. The normalized spacial score (nSPS) is 11.7. The van der Waals surface area contributed by atoms with Gasteiger partial charge in [0.15, 0.2) is 5.11 Å². The predicted octanol–water partition coefficient (Wildman–Crippen LogP) is 5.69. The highest BCUT2D eigenvalue weighted by atomic mass is 32.1. The number of aryl methyl sites for hydroxylation is 1. The van der Waals surface area contributed by atoms with Gasteiger partial charge in [-0.05, 0) is 60.1 Å². The molecule has 0 saturated heterocycles. The number of hydrogen-bond acceptors (Lipinski definition) is 1. The molecule has 5 heteroatoms. The summed E-state index contributed by atoms with van der Waals surface area (Å²) in [6, 6.07) is 20.7. The third kappa shape index (κ3) is 4.49. The summed E-state index contributed by atoms with van der Waals surface area (Å²) in [5.74, 6) is -0.662. The largest absolute Gasteiger partial charge is 0.341 e. The third-order valence-electron chi connectivity index (χ3n) is 4.37. The highest BCUT2D eigenvalue weighted by molar-refractivity contribution is 7.80. The molecule has 1 atom stereocenters. The first kappa shape index (κ1) is 19.0. The van der Waals surface area contributed by atoms with Crippen LogP contribution in [0.15, 0.2) is 72.8 Å². The number of rotatable bonds is 4. The van der Waals surface area contributed by atoms with Crippen molar-refractivity contribution in [2.45, 2.75) is 13.0 Å². The van der Waals surface area contributed by atoms with E-state index in [1.807, 2.05) is 49.2 Å². The van der Waals surface area contributed by atoms with Crippen LogP contribution in [-0.4, -0.2) is 17.1 Å². The molecule has 3 aromatic carbocycles. The summed E-state index contributed by atoms with van der Waals surface area (Å²) in [5.41, 5.74) is 3.15. The minimum atomic E-state index is -0.366. The Morgan fingerprint density at radius 3 is 2.22 bits per heavy atom.